The van der Waals surface area contributed by atoms with Crippen molar-refractivity contribution in [2.75, 3.05) is 18.5 Å². The molecule has 2 N–H and O–H groups in total. The molecule has 2 amide bonds. The maximum atomic E-state index is 13.0. The smallest absolute Gasteiger partial charge is 0.303 e. The molecule has 0 fully saturated rings. The van der Waals surface area contributed by atoms with Crippen molar-refractivity contribution in [1.82, 2.24) is 4.90 Å². The Morgan fingerprint density at radius 1 is 1.15 bits per heavy atom. The van der Waals surface area contributed by atoms with Crippen LogP contribution < -0.4 is 10.1 Å². The number of rotatable bonds is 7. The zero-order chi connectivity index (χ0) is 19.2. The molecular formula is C20H20N2O5. The van der Waals surface area contributed by atoms with Crippen molar-refractivity contribution in [3.63, 3.8) is 0 Å². The molecule has 2 aromatic carbocycles. The maximum Gasteiger partial charge on any atom is 0.303 e. The van der Waals surface area contributed by atoms with E-state index in [0.717, 1.165) is 5.56 Å². The van der Waals surface area contributed by atoms with Crippen LogP contribution in [0.2, 0.25) is 0 Å². The van der Waals surface area contributed by atoms with E-state index in [4.69, 9.17) is 9.84 Å². The van der Waals surface area contributed by atoms with Crippen molar-refractivity contribution in [3.05, 3.63) is 59.7 Å². The number of anilines is 1. The van der Waals surface area contributed by atoms with Gasteiger partial charge in [0.2, 0.25) is 0 Å². The number of fused-ring (bicyclic) bond motifs is 1. The van der Waals surface area contributed by atoms with Crippen LogP contribution in [-0.2, 0) is 16.1 Å². The number of ether oxygens (including phenoxy) is 1. The van der Waals surface area contributed by atoms with Gasteiger partial charge in [0.15, 0.2) is 6.61 Å². The molecule has 27 heavy (non-hydrogen) atoms. The number of carbonyl (C=O) groups is 3. The van der Waals surface area contributed by atoms with Crippen molar-refractivity contribution < 1.29 is 24.2 Å². The maximum absolute atomic E-state index is 13.0. The summed E-state index contributed by atoms with van der Waals surface area (Å²) in [4.78, 5) is 36.9. The molecule has 0 saturated heterocycles. The Morgan fingerprint density at radius 3 is 2.67 bits per heavy atom. The van der Waals surface area contributed by atoms with Gasteiger partial charge < -0.3 is 20.1 Å². The molecule has 0 bridgehead atoms. The Kier molecular flexibility index (Phi) is 5.71. The van der Waals surface area contributed by atoms with E-state index < -0.39 is 5.97 Å². The second-order valence-electron chi connectivity index (χ2n) is 6.26. The molecule has 1 aliphatic heterocycles. The largest absolute Gasteiger partial charge is 0.482 e. The van der Waals surface area contributed by atoms with Crippen molar-refractivity contribution in [2.45, 2.75) is 19.4 Å². The zero-order valence-electron chi connectivity index (χ0n) is 14.7. The number of benzene rings is 2. The molecule has 0 aromatic heterocycles. The third-order valence-electron chi connectivity index (χ3n) is 4.18. The Balaban J connectivity index is 1.79. The summed E-state index contributed by atoms with van der Waals surface area (Å²) in [6.07, 6.45) is 0.353. The summed E-state index contributed by atoms with van der Waals surface area (Å²) < 4.78 is 5.32. The highest BCUT2D eigenvalue weighted by Gasteiger charge is 2.21. The first-order chi connectivity index (χ1) is 13.0. The third kappa shape index (κ3) is 4.84. The van der Waals surface area contributed by atoms with E-state index in [2.05, 4.69) is 5.32 Å². The summed E-state index contributed by atoms with van der Waals surface area (Å²) in [6.45, 7) is 0.648. The lowest BCUT2D eigenvalue weighted by Crippen LogP contribution is -2.32. The van der Waals surface area contributed by atoms with Crippen LogP contribution in [0.3, 0.4) is 0 Å². The number of hydrogen-bond donors (Lipinski definition) is 2. The van der Waals surface area contributed by atoms with Crippen LogP contribution in [-0.4, -0.2) is 40.9 Å². The fourth-order valence-corrected chi connectivity index (χ4v) is 2.88. The third-order valence-corrected chi connectivity index (χ3v) is 4.18. The second kappa shape index (κ2) is 8.35. The molecule has 0 unspecified atom stereocenters. The number of carboxylic acid groups (broad SMARTS) is 1. The minimum atomic E-state index is -0.893. The van der Waals surface area contributed by atoms with Gasteiger partial charge in [0, 0.05) is 25.1 Å². The van der Waals surface area contributed by atoms with Crippen LogP contribution in [0, 0.1) is 0 Å². The van der Waals surface area contributed by atoms with E-state index in [0.29, 0.717) is 36.5 Å². The molecule has 1 aliphatic rings. The van der Waals surface area contributed by atoms with Crippen LogP contribution in [0.1, 0.15) is 28.8 Å². The molecule has 0 spiro atoms. The molecule has 0 aliphatic carbocycles. The molecule has 0 atom stereocenters. The van der Waals surface area contributed by atoms with Gasteiger partial charge in [0.25, 0.3) is 11.8 Å². The summed E-state index contributed by atoms with van der Waals surface area (Å²) in [5.41, 5.74) is 1.82. The lowest BCUT2D eigenvalue weighted by Gasteiger charge is -2.24. The Morgan fingerprint density at radius 2 is 1.93 bits per heavy atom. The summed E-state index contributed by atoms with van der Waals surface area (Å²) in [5.74, 6) is -0.871. The lowest BCUT2D eigenvalue weighted by molar-refractivity contribution is -0.137. The predicted molar refractivity (Wildman–Crippen MR) is 98.6 cm³/mol. The molecule has 7 nitrogen and oxygen atoms in total. The fraction of sp³-hybridized carbons (Fsp3) is 0.250. The minimum absolute atomic E-state index is 0.00729. The summed E-state index contributed by atoms with van der Waals surface area (Å²) in [7, 11) is 0. The van der Waals surface area contributed by atoms with Crippen molar-refractivity contribution in [2.24, 2.45) is 0 Å². The number of nitrogens with one attached hydrogen (secondary N) is 1. The highest BCUT2D eigenvalue weighted by atomic mass is 16.5. The first-order valence-electron chi connectivity index (χ1n) is 8.64. The Labute approximate surface area is 156 Å². The fourth-order valence-electron chi connectivity index (χ4n) is 2.88. The van der Waals surface area contributed by atoms with Gasteiger partial charge in [-0.25, -0.2) is 0 Å². The van der Waals surface area contributed by atoms with E-state index in [1.807, 2.05) is 30.3 Å². The van der Waals surface area contributed by atoms with Crippen LogP contribution in [0.5, 0.6) is 5.75 Å². The Hall–Kier alpha value is -3.35. The number of nitrogens with zero attached hydrogens (tertiary/aromatic N) is 1. The summed E-state index contributed by atoms with van der Waals surface area (Å²) in [5, 5.41) is 11.6. The zero-order valence-corrected chi connectivity index (χ0v) is 14.7. The number of carboxylic acids is 1. The van der Waals surface area contributed by atoms with Crippen LogP contribution in [0.25, 0.3) is 0 Å². The normalized spacial score (nSPS) is 12.5. The topological polar surface area (TPSA) is 95.9 Å². The summed E-state index contributed by atoms with van der Waals surface area (Å²) >= 11 is 0. The van der Waals surface area contributed by atoms with Crippen molar-refractivity contribution >= 4 is 23.5 Å². The number of aliphatic carboxylic acids is 1. The number of carbonyl (C=O) groups excluding carboxylic acids is 2. The van der Waals surface area contributed by atoms with Crippen molar-refractivity contribution in [1.29, 1.82) is 0 Å². The number of hydrogen-bond acceptors (Lipinski definition) is 4. The van der Waals surface area contributed by atoms with Gasteiger partial charge in [0.1, 0.15) is 5.75 Å². The minimum Gasteiger partial charge on any atom is -0.482 e. The van der Waals surface area contributed by atoms with Gasteiger partial charge >= 0.3 is 5.97 Å². The van der Waals surface area contributed by atoms with Gasteiger partial charge in [-0.1, -0.05) is 30.3 Å². The molecule has 7 heteroatoms. The van der Waals surface area contributed by atoms with Gasteiger partial charge in [-0.15, -0.1) is 0 Å². The average Bonchev–Trinajstić information content (AvgIpc) is 2.66. The molecular weight excluding hydrogens is 348 g/mol. The highest BCUT2D eigenvalue weighted by molar-refractivity contribution is 5.99. The van der Waals surface area contributed by atoms with Crippen LogP contribution in [0.15, 0.2) is 48.5 Å². The predicted octanol–water partition coefficient (Wildman–Crippen LogP) is 2.52. The van der Waals surface area contributed by atoms with Gasteiger partial charge in [-0.05, 0) is 30.2 Å². The van der Waals surface area contributed by atoms with Crippen molar-refractivity contribution in [3.8, 4) is 5.75 Å². The summed E-state index contributed by atoms with van der Waals surface area (Å²) in [6, 6.07) is 14.4. The van der Waals surface area contributed by atoms with E-state index in [9.17, 15) is 14.4 Å². The van der Waals surface area contributed by atoms with E-state index in [1.165, 1.54) is 0 Å². The SMILES string of the molecule is O=C(O)CCCN(Cc1ccccc1)C(=O)c1ccc2c(c1)NC(=O)CO2. The second-order valence-corrected chi connectivity index (χ2v) is 6.26. The first-order valence-corrected chi connectivity index (χ1v) is 8.64. The quantitative estimate of drug-likeness (QED) is 0.783. The van der Waals surface area contributed by atoms with Crippen LogP contribution in [0.4, 0.5) is 5.69 Å². The molecule has 0 saturated carbocycles. The van der Waals surface area contributed by atoms with Crippen LogP contribution >= 0.6 is 0 Å². The van der Waals surface area contributed by atoms with Gasteiger partial charge in [-0.2, -0.15) is 0 Å². The molecule has 1 heterocycles. The molecule has 2 aromatic rings. The lowest BCUT2D eigenvalue weighted by atomic mass is 10.1. The monoisotopic (exact) mass is 368 g/mol. The van der Waals surface area contributed by atoms with E-state index in [-0.39, 0.29) is 24.8 Å². The van der Waals surface area contributed by atoms with E-state index in [1.54, 1.807) is 23.1 Å². The van der Waals surface area contributed by atoms with Gasteiger partial charge in [0.05, 0.1) is 5.69 Å². The molecule has 140 valence electrons. The number of amides is 2. The molecule has 0 radical (unpaired) electrons. The average molecular weight is 368 g/mol. The van der Waals surface area contributed by atoms with E-state index >= 15 is 0 Å². The molecule has 3 rings (SSSR count). The Bertz CT molecular complexity index is 851. The highest BCUT2D eigenvalue weighted by Crippen LogP contribution is 2.29. The first kappa shape index (κ1) is 18.4. The van der Waals surface area contributed by atoms with Gasteiger partial charge in [-0.3, -0.25) is 14.4 Å². The standard InChI is InChI=1S/C20H20N2O5/c23-18-13-27-17-9-8-15(11-16(17)21-18)20(26)22(10-4-7-19(24)25)12-14-5-2-1-3-6-14/h1-3,5-6,8-9,11H,4,7,10,12-13H2,(H,21,23)(H,24,25).